The highest BCUT2D eigenvalue weighted by atomic mass is 32.1. The number of ether oxygens (including phenoxy) is 4. The van der Waals surface area contributed by atoms with Crippen LogP contribution in [0.5, 0.6) is 17.2 Å². The van der Waals surface area contributed by atoms with E-state index in [2.05, 4.69) is 0 Å². The number of benzene rings is 2. The van der Waals surface area contributed by atoms with Gasteiger partial charge in [0, 0.05) is 6.61 Å². The molecule has 164 valence electrons. The summed E-state index contributed by atoms with van der Waals surface area (Å²) in [6.07, 6.45) is 2.16. The second kappa shape index (κ2) is 9.53. The van der Waals surface area contributed by atoms with E-state index in [4.69, 9.17) is 23.9 Å². The third-order valence-corrected chi connectivity index (χ3v) is 6.36. The van der Waals surface area contributed by atoms with Crippen LogP contribution in [-0.2, 0) is 16.0 Å². The number of hydrogen-bond donors (Lipinski definition) is 0. The topological polar surface area (TPSA) is 70.1 Å². The maximum atomic E-state index is 13.5. The quantitative estimate of drug-likeness (QED) is 0.524. The lowest BCUT2D eigenvalue weighted by atomic mass is 10.1. The molecule has 0 saturated carbocycles. The number of nitrogens with zero attached hydrogens (tertiary/aromatic N) is 2. The Morgan fingerprint density at radius 3 is 2.52 bits per heavy atom. The number of amides is 1. The lowest BCUT2D eigenvalue weighted by Crippen LogP contribution is -2.38. The standard InChI is InChI=1S/C23H26N2O5S/c1-27-18-11-15(12-19(28-2)22(18)29-3)13-21(26)25(14-16-7-6-10-30-16)23-24-17-8-4-5-9-20(17)31-23/h4-5,8-9,11-12,16H,6-7,10,13-14H2,1-3H3/t16-/m0/s1. The molecular weight excluding hydrogens is 416 g/mol. The molecule has 1 aliphatic heterocycles. The van der Waals surface area contributed by atoms with Crippen molar-refractivity contribution in [2.75, 3.05) is 39.4 Å². The monoisotopic (exact) mass is 442 g/mol. The van der Waals surface area contributed by atoms with Crippen molar-refractivity contribution in [1.29, 1.82) is 0 Å². The SMILES string of the molecule is COc1cc(CC(=O)N(C[C@@H]2CCCO2)c2nc3ccccc3s2)cc(OC)c1OC. The highest BCUT2D eigenvalue weighted by molar-refractivity contribution is 7.22. The zero-order valence-corrected chi connectivity index (χ0v) is 18.7. The molecule has 0 N–H and O–H groups in total. The van der Waals surface area contributed by atoms with Gasteiger partial charge in [-0.1, -0.05) is 23.5 Å². The first-order chi connectivity index (χ1) is 15.1. The van der Waals surface area contributed by atoms with E-state index in [1.807, 2.05) is 36.4 Å². The normalized spacial score (nSPS) is 15.8. The van der Waals surface area contributed by atoms with Crippen LogP contribution in [0, 0.1) is 0 Å². The molecule has 1 fully saturated rings. The van der Waals surface area contributed by atoms with Gasteiger partial charge in [-0.3, -0.25) is 9.69 Å². The Morgan fingerprint density at radius 1 is 1.16 bits per heavy atom. The second-order valence-corrected chi connectivity index (χ2v) is 8.32. The van der Waals surface area contributed by atoms with Crippen LogP contribution in [0.2, 0.25) is 0 Å². The van der Waals surface area contributed by atoms with E-state index in [1.54, 1.807) is 26.2 Å². The maximum absolute atomic E-state index is 13.5. The summed E-state index contributed by atoms with van der Waals surface area (Å²) in [6, 6.07) is 11.5. The zero-order chi connectivity index (χ0) is 21.8. The van der Waals surface area contributed by atoms with Crippen LogP contribution in [0.25, 0.3) is 10.2 Å². The highest BCUT2D eigenvalue weighted by Gasteiger charge is 2.27. The molecule has 1 amide bonds. The number of fused-ring (bicyclic) bond motifs is 1. The minimum atomic E-state index is -0.0520. The zero-order valence-electron chi connectivity index (χ0n) is 17.9. The first-order valence-corrected chi connectivity index (χ1v) is 11.0. The van der Waals surface area contributed by atoms with E-state index in [-0.39, 0.29) is 18.4 Å². The van der Waals surface area contributed by atoms with Gasteiger partial charge in [-0.25, -0.2) is 4.98 Å². The number of thiazole rings is 1. The Morgan fingerprint density at radius 2 is 1.90 bits per heavy atom. The summed E-state index contributed by atoms with van der Waals surface area (Å²) in [7, 11) is 4.68. The van der Waals surface area contributed by atoms with Crippen molar-refractivity contribution in [2.24, 2.45) is 0 Å². The molecule has 8 heteroatoms. The Balaban J connectivity index is 1.64. The van der Waals surface area contributed by atoms with Crippen molar-refractivity contribution in [3.63, 3.8) is 0 Å². The van der Waals surface area contributed by atoms with Gasteiger partial charge in [-0.2, -0.15) is 0 Å². The molecule has 0 spiro atoms. The molecule has 31 heavy (non-hydrogen) atoms. The van der Waals surface area contributed by atoms with Crippen molar-refractivity contribution >= 4 is 32.6 Å². The molecular formula is C23H26N2O5S. The van der Waals surface area contributed by atoms with Gasteiger partial charge in [0.2, 0.25) is 11.7 Å². The molecule has 1 saturated heterocycles. The van der Waals surface area contributed by atoms with Crippen LogP contribution in [0.3, 0.4) is 0 Å². The van der Waals surface area contributed by atoms with Crippen LogP contribution >= 0.6 is 11.3 Å². The number of aromatic nitrogens is 1. The summed E-state index contributed by atoms with van der Waals surface area (Å²) in [5.41, 5.74) is 1.67. The average Bonchev–Trinajstić information content (AvgIpc) is 3.45. The van der Waals surface area contributed by atoms with Gasteiger partial charge in [0.05, 0.1) is 50.6 Å². The number of para-hydroxylation sites is 1. The fourth-order valence-corrected chi connectivity index (χ4v) is 4.75. The van der Waals surface area contributed by atoms with E-state index < -0.39 is 0 Å². The maximum Gasteiger partial charge on any atom is 0.233 e. The predicted octanol–water partition coefficient (Wildman–Crippen LogP) is 4.08. The van der Waals surface area contributed by atoms with Crippen molar-refractivity contribution in [3.8, 4) is 17.2 Å². The summed E-state index contributed by atoms with van der Waals surface area (Å²) < 4.78 is 23.1. The molecule has 1 aliphatic rings. The van der Waals surface area contributed by atoms with Crippen LogP contribution in [0.1, 0.15) is 18.4 Å². The minimum Gasteiger partial charge on any atom is -0.493 e. The molecule has 0 unspecified atom stereocenters. The van der Waals surface area contributed by atoms with Crippen LogP contribution < -0.4 is 19.1 Å². The Kier molecular flexibility index (Phi) is 6.58. The Labute approximate surface area is 185 Å². The molecule has 7 nitrogen and oxygen atoms in total. The minimum absolute atomic E-state index is 0.0240. The molecule has 3 aromatic rings. The summed E-state index contributed by atoms with van der Waals surface area (Å²) in [5.74, 6) is 1.50. The van der Waals surface area contributed by atoms with Gasteiger partial charge < -0.3 is 18.9 Å². The van der Waals surface area contributed by atoms with Gasteiger partial charge in [0.1, 0.15) is 0 Å². The van der Waals surface area contributed by atoms with E-state index in [0.717, 1.165) is 35.2 Å². The average molecular weight is 443 g/mol. The third kappa shape index (κ3) is 4.60. The summed E-state index contributed by atoms with van der Waals surface area (Å²) in [4.78, 5) is 19.9. The van der Waals surface area contributed by atoms with Crippen molar-refractivity contribution in [3.05, 3.63) is 42.0 Å². The van der Waals surface area contributed by atoms with Gasteiger partial charge in [-0.15, -0.1) is 0 Å². The second-order valence-electron chi connectivity index (χ2n) is 7.31. The van der Waals surface area contributed by atoms with E-state index in [9.17, 15) is 4.79 Å². The lowest BCUT2D eigenvalue weighted by Gasteiger charge is -2.23. The Hall–Kier alpha value is -2.84. The number of rotatable bonds is 8. The molecule has 0 bridgehead atoms. The van der Waals surface area contributed by atoms with Crippen LogP contribution in [0.15, 0.2) is 36.4 Å². The van der Waals surface area contributed by atoms with Gasteiger partial charge in [-0.05, 0) is 42.7 Å². The summed E-state index contributed by atoms with van der Waals surface area (Å²) in [5, 5.41) is 0.689. The molecule has 2 aromatic carbocycles. The molecule has 1 aromatic heterocycles. The van der Waals surface area contributed by atoms with Crippen molar-refractivity contribution in [2.45, 2.75) is 25.4 Å². The third-order valence-electron chi connectivity index (χ3n) is 5.30. The number of carbonyl (C=O) groups excluding carboxylic acids is 1. The number of carbonyl (C=O) groups is 1. The van der Waals surface area contributed by atoms with E-state index in [1.165, 1.54) is 11.3 Å². The van der Waals surface area contributed by atoms with E-state index >= 15 is 0 Å². The van der Waals surface area contributed by atoms with Gasteiger partial charge in [0.25, 0.3) is 0 Å². The molecule has 0 aliphatic carbocycles. The molecule has 4 rings (SSSR count). The first-order valence-electron chi connectivity index (χ1n) is 10.2. The number of methoxy groups -OCH3 is 3. The predicted molar refractivity (Wildman–Crippen MR) is 121 cm³/mol. The molecule has 1 atom stereocenters. The van der Waals surface area contributed by atoms with Crippen molar-refractivity contribution in [1.82, 2.24) is 4.98 Å². The summed E-state index contributed by atoms with van der Waals surface area (Å²) >= 11 is 1.52. The van der Waals surface area contributed by atoms with Crippen molar-refractivity contribution < 1.29 is 23.7 Å². The molecule has 0 radical (unpaired) electrons. The lowest BCUT2D eigenvalue weighted by molar-refractivity contribution is -0.118. The van der Waals surface area contributed by atoms with Crippen LogP contribution in [-0.4, -0.2) is 51.5 Å². The largest absolute Gasteiger partial charge is 0.493 e. The van der Waals surface area contributed by atoms with E-state index in [0.29, 0.717) is 28.9 Å². The first kappa shape index (κ1) is 21.4. The smallest absolute Gasteiger partial charge is 0.233 e. The highest BCUT2D eigenvalue weighted by Crippen LogP contribution is 2.38. The fourth-order valence-electron chi connectivity index (χ4n) is 3.76. The summed E-state index contributed by atoms with van der Waals surface area (Å²) in [6.45, 7) is 1.22. The van der Waals surface area contributed by atoms with Gasteiger partial charge in [0.15, 0.2) is 16.6 Å². The van der Waals surface area contributed by atoms with Gasteiger partial charge >= 0.3 is 0 Å². The fraction of sp³-hybridized carbons (Fsp3) is 0.391. The van der Waals surface area contributed by atoms with Crippen LogP contribution in [0.4, 0.5) is 5.13 Å². The Bertz CT molecular complexity index is 1000. The number of hydrogen-bond acceptors (Lipinski definition) is 7. The number of anilines is 1. The molecule has 2 heterocycles.